The molecule has 3 N–H and O–H groups in total. The zero-order chi connectivity index (χ0) is 18.5. The van der Waals surface area contributed by atoms with Crippen LogP contribution in [-0.2, 0) is 11.9 Å². The van der Waals surface area contributed by atoms with Crippen LogP contribution in [0.2, 0.25) is 0 Å². The number of allylic oxidation sites excluding steroid dienone is 3. The summed E-state index contributed by atoms with van der Waals surface area (Å²) in [6.07, 6.45) is 8.85. The summed E-state index contributed by atoms with van der Waals surface area (Å²) in [6.45, 7) is 5.34. The Morgan fingerprint density at radius 2 is 2.15 bits per heavy atom. The lowest BCUT2D eigenvalue weighted by molar-refractivity contribution is -0.532. The molecular weight excluding hydrogens is 347 g/mol. The summed E-state index contributed by atoms with van der Waals surface area (Å²) in [4.78, 5) is 3.44. The van der Waals surface area contributed by atoms with E-state index in [4.69, 9.17) is 0 Å². The molecule has 6 unspecified atom stereocenters. The van der Waals surface area contributed by atoms with Gasteiger partial charge in [-0.2, -0.15) is 5.26 Å². The van der Waals surface area contributed by atoms with Crippen molar-refractivity contribution >= 4 is 18.2 Å². The van der Waals surface area contributed by atoms with Crippen LogP contribution >= 0.6 is 0 Å². The van der Waals surface area contributed by atoms with Crippen molar-refractivity contribution in [2.45, 2.75) is 57.8 Å². The number of alkyl halides is 1. The first-order valence-corrected chi connectivity index (χ1v) is 11.0. The number of nitrogens with one attached hydrogen (secondary N) is 3. The number of hydrogen-bond donors (Lipinski definition) is 3. The van der Waals surface area contributed by atoms with Crippen molar-refractivity contribution in [1.29, 1.82) is 5.26 Å². The number of nitriles is 1. The van der Waals surface area contributed by atoms with Gasteiger partial charge >= 0.3 is 0 Å². The lowest BCUT2D eigenvalue weighted by atomic mass is 9.71. The molecule has 1 heterocycles. The molecule has 0 aromatic heterocycles. The second kappa shape index (κ2) is 9.05. The molecule has 1 aliphatic heterocycles. The molecule has 3 rings (SSSR count). The lowest BCUT2D eigenvalue weighted by Gasteiger charge is -2.37. The van der Waals surface area contributed by atoms with Crippen LogP contribution in [0.25, 0.3) is 0 Å². The molecule has 4 nitrogen and oxygen atoms in total. The summed E-state index contributed by atoms with van der Waals surface area (Å²) >= 11 is 1.28. The fourth-order valence-corrected chi connectivity index (χ4v) is 4.76. The summed E-state index contributed by atoms with van der Waals surface area (Å²) in [6, 6.07) is 2.86. The smallest absolute Gasteiger partial charge is 0.201 e. The van der Waals surface area contributed by atoms with Crippen LogP contribution in [0.4, 0.5) is 4.39 Å². The first-order chi connectivity index (χ1) is 12.7. The molecule has 3 aliphatic rings. The molecule has 26 heavy (non-hydrogen) atoms. The zero-order valence-corrected chi connectivity index (χ0v) is 16.6. The number of fused-ring (bicyclic) bond motifs is 1. The molecule has 6 heteroatoms. The van der Waals surface area contributed by atoms with E-state index in [1.807, 2.05) is 6.08 Å². The molecule has 0 amide bonds. The van der Waals surface area contributed by atoms with E-state index in [-0.39, 0.29) is 5.92 Å². The van der Waals surface area contributed by atoms with Crippen molar-refractivity contribution in [2.24, 2.45) is 17.8 Å². The van der Waals surface area contributed by atoms with Crippen LogP contribution in [0.3, 0.4) is 0 Å². The van der Waals surface area contributed by atoms with Crippen LogP contribution in [0, 0.1) is 29.1 Å². The predicted molar refractivity (Wildman–Crippen MR) is 106 cm³/mol. The van der Waals surface area contributed by atoms with Gasteiger partial charge in [0.1, 0.15) is 24.1 Å². The minimum atomic E-state index is -1.07. The second-order valence-electron chi connectivity index (χ2n) is 7.53. The average Bonchev–Trinajstić information content (AvgIpc) is 2.62. The Morgan fingerprint density at radius 3 is 2.81 bits per heavy atom. The third kappa shape index (κ3) is 4.32. The molecule has 0 fully saturated rings. The maximum atomic E-state index is 13.8. The van der Waals surface area contributed by atoms with E-state index in [2.05, 4.69) is 47.2 Å². The molecule has 0 aromatic carbocycles. The summed E-state index contributed by atoms with van der Waals surface area (Å²) in [5.41, 5.74) is 1.61. The van der Waals surface area contributed by atoms with E-state index in [1.54, 1.807) is 0 Å². The summed E-state index contributed by atoms with van der Waals surface area (Å²) in [5, 5.41) is 12.9. The van der Waals surface area contributed by atoms with Gasteiger partial charge in [-0.3, -0.25) is 0 Å². The predicted octanol–water partition coefficient (Wildman–Crippen LogP) is 0.946. The minimum absolute atomic E-state index is 0.278. The summed E-state index contributed by atoms with van der Waals surface area (Å²) in [7, 11) is 0. The van der Waals surface area contributed by atoms with Gasteiger partial charge in [0, 0.05) is 6.04 Å². The maximum Gasteiger partial charge on any atom is 0.201 e. The van der Waals surface area contributed by atoms with Gasteiger partial charge in [0.25, 0.3) is 0 Å². The Balaban J connectivity index is 1.71. The fourth-order valence-electron chi connectivity index (χ4n) is 4.18. The van der Waals surface area contributed by atoms with E-state index in [1.165, 1.54) is 17.6 Å². The Bertz CT molecular complexity index is 624. The molecular formula is C20H31FN4S+2. The van der Waals surface area contributed by atoms with Crippen molar-refractivity contribution in [3.05, 3.63) is 23.4 Å². The first-order valence-electron chi connectivity index (χ1n) is 9.89. The van der Waals surface area contributed by atoms with Crippen LogP contribution < -0.4 is 15.0 Å². The number of hydrogen-bond acceptors (Lipinski definition) is 3. The maximum absolute atomic E-state index is 13.8. The van der Waals surface area contributed by atoms with Gasteiger partial charge < -0.3 is 5.32 Å². The highest BCUT2D eigenvalue weighted by atomic mass is 32.2. The molecule has 2 aliphatic carbocycles. The quantitative estimate of drug-likeness (QED) is 0.335. The van der Waals surface area contributed by atoms with Crippen molar-refractivity contribution < 1.29 is 9.38 Å². The topological polar surface area (TPSA) is 61.8 Å². The van der Waals surface area contributed by atoms with Crippen LogP contribution in [0.15, 0.2) is 23.4 Å². The highest BCUT2D eigenvalue weighted by molar-refractivity contribution is 7.76. The van der Waals surface area contributed by atoms with E-state index in [0.717, 1.165) is 31.6 Å². The summed E-state index contributed by atoms with van der Waals surface area (Å²) in [5.74, 6) is 2.31. The van der Waals surface area contributed by atoms with Crippen LogP contribution in [0.1, 0.15) is 39.5 Å². The highest BCUT2D eigenvalue weighted by Crippen LogP contribution is 2.38. The van der Waals surface area contributed by atoms with Gasteiger partial charge in [0.15, 0.2) is 0 Å². The average molecular weight is 379 g/mol. The molecule has 0 bridgehead atoms. The van der Waals surface area contributed by atoms with E-state index in [9.17, 15) is 9.65 Å². The van der Waals surface area contributed by atoms with Gasteiger partial charge in [0.05, 0.1) is 35.8 Å². The Kier molecular flexibility index (Phi) is 6.77. The monoisotopic (exact) mass is 378 g/mol. The zero-order valence-electron chi connectivity index (χ0n) is 15.7. The van der Waals surface area contributed by atoms with Crippen LogP contribution in [0.5, 0.6) is 0 Å². The number of halogens is 1. The van der Waals surface area contributed by atoms with Gasteiger partial charge in [-0.25, -0.2) is 9.38 Å². The van der Waals surface area contributed by atoms with Gasteiger partial charge in [0.2, 0.25) is 6.04 Å². The Hall–Kier alpha value is -1.32. The number of nitrogens with zero attached hydrogens (tertiary/aromatic N) is 1. The van der Waals surface area contributed by atoms with Crippen molar-refractivity contribution in [3.8, 4) is 6.07 Å². The normalized spacial score (nSPS) is 34.0. The molecule has 6 atom stereocenters. The van der Waals surface area contributed by atoms with Crippen molar-refractivity contribution in [3.63, 3.8) is 0 Å². The van der Waals surface area contributed by atoms with Crippen LogP contribution in [-0.4, -0.2) is 36.8 Å². The Morgan fingerprint density at radius 1 is 1.31 bits per heavy atom. The highest BCUT2D eigenvalue weighted by Gasteiger charge is 2.44. The molecule has 0 saturated carbocycles. The van der Waals surface area contributed by atoms with E-state index in [0.29, 0.717) is 35.9 Å². The first kappa shape index (κ1) is 19.4. The fraction of sp³-hybridized carbons (Fsp3) is 0.700. The molecule has 0 radical (unpaired) electrons. The van der Waals surface area contributed by atoms with Gasteiger partial charge in [-0.05, 0) is 44.4 Å². The van der Waals surface area contributed by atoms with E-state index < -0.39 is 6.17 Å². The molecule has 0 saturated heterocycles. The second-order valence-corrected chi connectivity index (χ2v) is 8.79. The largest absolute Gasteiger partial charge is 0.379 e. The van der Waals surface area contributed by atoms with Gasteiger partial charge in [-0.15, -0.1) is 4.72 Å². The molecule has 0 aromatic rings. The third-order valence-corrected chi connectivity index (χ3v) is 6.55. The van der Waals surface area contributed by atoms with E-state index >= 15 is 0 Å². The number of thiol groups is 1. The standard InChI is InChI=1S/C20H29FN4S/c1-3-17(12-24-26-4-2)25-19-9-14(8-16-11-23-20(16)19)13-5-6-18(21)15(7-13)10-22/h7,9,11,13-14,16-18,20,24-25H,3-6,8,12H2,1-2H3/p+2. The number of rotatable bonds is 8. The lowest BCUT2D eigenvalue weighted by Crippen LogP contribution is -2.90. The Labute approximate surface area is 160 Å². The minimum Gasteiger partial charge on any atom is -0.379 e. The molecule has 142 valence electrons. The summed E-state index contributed by atoms with van der Waals surface area (Å²) < 4.78 is 17.3. The third-order valence-electron chi connectivity index (χ3n) is 5.83. The van der Waals surface area contributed by atoms with Gasteiger partial charge in [-0.1, -0.05) is 19.1 Å². The molecule has 0 spiro atoms. The van der Waals surface area contributed by atoms with Crippen molar-refractivity contribution in [2.75, 3.05) is 12.3 Å². The SMILES string of the molecule is CC[SH+]NCC(CC)NC1=CC(C2C=C(C#N)C(F)CC2)CC2C=[NH+]C12. The van der Waals surface area contributed by atoms with Crippen molar-refractivity contribution in [1.82, 2.24) is 10.0 Å².